The van der Waals surface area contributed by atoms with Crippen LogP contribution in [0.25, 0.3) is 5.65 Å². The number of aryl methyl sites for hydroxylation is 4. The molecule has 3 heterocycles. The smallest absolute Gasteiger partial charge is 0.261 e. The van der Waals surface area contributed by atoms with Gasteiger partial charge in [-0.2, -0.15) is 0 Å². The number of fused-ring (bicyclic) bond motifs is 1. The first-order valence-corrected chi connectivity index (χ1v) is 10.1. The summed E-state index contributed by atoms with van der Waals surface area (Å²) < 4.78 is 1.94. The van der Waals surface area contributed by atoms with Crippen LogP contribution in [0.1, 0.15) is 65.4 Å². The number of anilines is 1. The number of aromatic nitrogens is 3. The molecular formula is C20H26N4OS. The maximum atomic E-state index is 12.8. The molecule has 1 N–H and O–H groups in total. The third-order valence-corrected chi connectivity index (χ3v) is 5.50. The second-order valence-electron chi connectivity index (χ2n) is 6.66. The Morgan fingerprint density at radius 1 is 1.19 bits per heavy atom. The summed E-state index contributed by atoms with van der Waals surface area (Å²) in [5.74, 6) is -0.149. The Morgan fingerprint density at radius 3 is 2.73 bits per heavy atom. The van der Waals surface area contributed by atoms with E-state index in [0.29, 0.717) is 16.3 Å². The number of hydrogen-bond acceptors (Lipinski definition) is 4. The fraction of sp³-hybridized carbons (Fsp3) is 0.450. The first-order chi connectivity index (χ1) is 12.5. The number of nitrogens with one attached hydrogen (secondary N) is 1. The highest BCUT2D eigenvalue weighted by Crippen LogP contribution is 2.27. The number of carbonyl (C=O) groups is 1. The SMILES string of the molecule is CCCCc1sc(NC(=O)c2ccn3c(C)cc(C)nc23)nc1CCC. The molecule has 0 atom stereocenters. The van der Waals surface area contributed by atoms with Gasteiger partial charge in [-0.25, -0.2) is 9.97 Å². The van der Waals surface area contributed by atoms with Crippen LogP contribution >= 0.6 is 11.3 Å². The van der Waals surface area contributed by atoms with Crippen molar-refractivity contribution in [3.63, 3.8) is 0 Å². The van der Waals surface area contributed by atoms with Crippen molar-refractivity contribution in [3.05, 3.63) is 45.9 Å². The Kier molecular flexibility index (Phi) is 5.71. The average molecular weight is 371 g/mol. The number of thiazole rings is 1. The van der Waals surface area contributed by atoms with Crippen molar-refractivity contribution in [3.8, 4) is 0 Å². The van der Waals surface area contributed by atoms with E-state index in [1.54, 1.807) is 11.3 Å². The molecule has 0 aliphatic heterocycles. The highest BCUT2D eigenvalue weighted by Gasteiger charge is 2.17. The van der Waals surface area contributed by atoms with E-state index in [0.717, 1.165) is 49.2 Å². The fourth-order valence-corrected chi connectivity index (χ4v) is 4.18. The van der Waals surface area contributed by atoms with Gasteiger partial charge in [-0.05, 0) is 45.2 Å². The Balaban J connectivity index is 1.86. The van der Waals surface area contributed by atoms with E-state index in [1.165, 1.54) is 4.88 Å². The van der Waals surface area contributed by atoms with Gasteiger partial charge in [0.25, 0.3) is 5.91 Å². The van der Waals surface area contributed by atoms with Crippen molar-refractivity contribution < 1.29 is 4.79 Å². The largest absolute Gasteiger partial charge is 0.305 e. The summed E-state index contributed by atoms with van der Waals surface area (Å²) in [6, 6.07) is 3.83. The minimum Gasteiger partial charge on any atom is -0.305 e. The molecule has 1 amide bonds. The lowest BCUT2D eigenvalue weighted by atomic mass is 10.1. The van der Waals surface area contributed by atoms with Gasteiger partial charge in [-0.15, -0.1) is 11.3 Å². The molecule has 0 radical (unpaired) electrons. The van der Waals surface area contributed by atoms with Gasteiger partial charge in [0.05, 0.1) is 11.3 Å². The van der Waals surface area contributed by atoms with Crippen LogP contribution < -0.4 is 5.32 Å². The van der Waals surface area contributed by atoms with E-state index >= 15 is 0 Å². The Hall–Kier alpha value is -2.21. The molecule has 138 valence electrons. The zero-order valence-electron chi connectivity index (χ0n) is 15.9. The topological polar surface area (TPSA) is 59.3 Å². The Labute approximate surface area is 158 Å². The van der Waals surface area contributed by atoms with Gasteiger partial charge in [0.15, 0.2) is 5.13 Å². The quantitative estimate of drug-likeness (QED) is 0.640. The van der Waals surface area contributed by atoms with Crippen LogP contribution in [-0.2, 0) is 12.8 Å². The van der Waals surface area contributed by atoms with E-state index in [-0.39, 0.29) is 5.91 Å². The molecule has 0 unspecified atom stereocenters. The summed E-state index contributed by atoms with van der Waals surface area (Å²) in [6.45, 7) is 8.31. The van der Waals surface area contributed by atoms with Gasteiger partial charge in [-0.1, -0.05) is 26.7 Å². The molecular weight excluding hydrogens is 344 g/mol. The second kappa shape index (κ2) is 7.99. The van der Waals surface area contributed by atoms with E-state index in [9.17, 15) is 4.79 Å². The highest BCUT2D eigenvalue weighted by molar-refractivity contribution is 7.15. The number of rotatable bonds is 7. The minimum atomic E-state index is -0.149. The molecule has 0 fully saturated rings. The van der Waals surface area contributed by atoms with Gasteiger partial charge >= 0.3 is 0 Å². The minimum absolute atomic E-state index is 0.149. The molecule has 0 aliphatic carbocycles. The van der Waals surface area contributed by atoms with Crippen LogP contribution in [0.15, 0.2) is 18.3 Å². The number of unbranched alkanes of at least 4 members (excludes halogenated alkanes) is 1. The summed E-state index contributed by atoms with van der Waals surface area (Å²) in [5.41, 5.74) is 4.38. The van der Waals surface area contributed by atoms with Crippen molar-refractivity contribution >= 4 is 28.0 Å². The van der Waals surface area contributed by atoms with E-state index in [4.69, 9.17) is 0 Å². The van der Waals surface area contributed by atoms with Crippen LogP contribution in [0.5, 0.6) is 0 Å². The molecule has 0 aromatic carbocycles. The molecule has 3 aromatic heterocycles. The molecule has 0 bridgehead atoms. The average Bonchev–Trinajstić information content (AvgIpc) is 3.17. The summed E-state index contributed by atoms with van der Waals surface area (Å²) in [7, 11) is 0. The first kappa shape index (κ1) is 18.6. The van der Waals surface area contributed by atoms with Gasteiger partial charge in [0, 0.05) is 22.5 Å². The zero-order valence-corrected chi connectivity index (χ0v) is 16.7. The molecule has 26 heavy (non-hydrogen) atoms. The van der Waals surface area contributed by atoms with Gasteiger partial charge < -0.3 is 4.40 Å². The molecule has 0 saturated heterocycles. The molecule has 0 aliphatic rings. The predicted molar refractivity (Wildman–Crippen MR) is 107 cm³/mol. The third-order valence-electron chi connectivity index (χ3n) is 4.43. The molecule has 5 nitrogen and oxygen atoms in total. The van der Waals surface area contributed by atoms with Crippen molar-refractivity contribution in [1.82, 2.24) is 14.4 Å². The monoisotopic (exact) mass is 370 g/mol. The van der Waals surface area contributed by atoms with Crippen molar-refractivity contribution in [2.24, 2.45) is 0 Å². The number of carbonyl (C=O) groups excluding carboxylic acids is 1. The summed E-state index contributed by atoms with van der Waals surface area (Å²) >= 11 is 1.61. The van der Waals surface area contributed by atoms with Gasteiger partial charge in [-0.3, -0.25) is 10.1 Å². The Bertz CT molecular complexity index is 925. The molecule has 6 heteroatoms. The molecule has 0 saturated carbocycles. The standard InChI is InChI=1S/C20H26N4OS/c1-5-7-9-17-16(8-6-2)22-20(26-17)23-19(25)15-10-11-24-14(4)12-13(3)21-18(15)24/h10-12H,5-9H2,1-4H3,(H,22,23,25). The number of hydrogen-bond donors (Lipinski definition) is 1. The Morgan fingerprint density at radius 2 is 2.00 bits per heavy atom. The summed E-state index contributed by atoms with van der Waals surface area (Å²) in [6.07, 6.45) is 7.26. The van der Waals surface area contributed by atoms with Crippen molar-refractivity contribution in [1.29, 1.82) is 0 Å². The van der Waals surface area contributed by atoms with Crippen molar-refractivity contribution in [2.75, 3.05) is 5.32 Å². The van der Waals surface area contributed by atoms with Crippen LogP contribution in [0.3, 0.4) is 0 Å². The van der Waals surface area contributed by atoms with Crippen LogP contribution in [0, 0.1) is 13.8 Å². The van der Waals surface area contributed by atoms with Crippen LogP contribution in [0.4, 0.5) is 5.13 Å². The summed E-state index contributed by atoms with van der Waals surface area (Å²) in [5, 5.41) is 3.67. The van der Waals surface area contributed by atoms with Crippen molar-refractivity contribution in [2.45, 2.75) is 59.8 Å². The zero-order chi connectivity index (χ0) is 18.7. The lowest BCUT2D eigenvalue weighted by Crippen LogP contribution is -2.12. The molecule has 0 spiro atoms. The molecule has 3 aromatic rings. The van der Waals surface area contributed by atoms with Crippen LogP contribution in [-0.4, -0.2) is 20.3 Å². The normalized spacial score (nSPS) is 11.2. The lowest BCUT2D eigenvalue weighted by Gasteiger charge is -2.04. The second-order valence-corrected chi connectivity index (χ2v) is 7.74. The maximum absolute atomic E-state index is 12.8. The lowest BCUT2D eigenvalue weighted by molar-refractivity contribution is 0.102. The number of amides is 1. The number of nitrogens with zero attached hydrogens (tertiary/aromatic N) is 3. The summed E-state index contributed by atoms with van der Waals surface area (Å²) in [4.78, 5) is 23.3. The highest BCUT2D eigenvalue weighted by atomic mass is 32.1. The predicted octanol–water partition coefficient (Wildman–Crippen LogP) is 4.96. The maximum Gasteiger partial charge on any atom is 0.261 e. The van der Waals surface area contributed by atoms with Gasteiger partial charge in [0.2, 0.25) is 0 Å². The van der Waals surface area contributed by atoms with Crippen LogP contribution in [0.2, 0.25) is 0 Å². The van der Waals surface area contributed by atoms with E-state index in [1.807, 2.05) is 36.6 Å². The fourth-order valence-electron chi connectivity index (χ4n) is 3.14. The third kappa shape index (κ3) is 3.80. The van der Waals surface area contributed by atoms with E-state index < -0.39 is 0 Å². The van der Waals surface area contributed by atoms with Gasteiger partial charge in [0.1, 0.15) is 5.65 Å². The van der Waals surface area contributed by atoms with E-state index in [2.05, 4.69) is 29.1 Å². The molecule has 3 rings (SSSR count). The first-order valence-electron chi connectivity index (χ1n) is 9.28.